The summed E-state index contributed by atoms with van der Waals surface area (Å²) in [6, 6.07) is 0. The maximum atomic E-state index is 12.7. The minimum absolute atomic E-state index is 0. The van der Waals surface area contributed by atoms with E-state index >= 15 is 0 Å². The summed E-state index contributed by atoms with van der Waals surface area (Å²) in [5.74, 6) is -5.48. The molecule has 0 amide bonds. The Morgan fingerprint density at radius 3 is 0.403 bits per heavy atom. The fourth-order valence-electron chi connectivity index (χ4n) is 12.1. The Balaban J connectivity index is -0.000000298. The van der Waals surface area contributed by atoms with E-state index in [-0.39, 0.29) is 73.0 Å². The van der Waals surface area contributed by atoms with Crippen LogP contribution in [0.25, 0.3) is 0 Å². The maximum absolute atomic E-state index is 12.7. The molecule has 0 radical (unpaired) electrons. The monoisotopic (exact) mass is 1170 g/mol. The van der Waals surface area contributed by atoms with Gasteiger partial charge in [0.05, 0.1) is 45.5 Å². The van der Waals surface area contributed by atoms with Crippen molar-refractivity contribution in [2.75, 3.05) is 0 Å². The van der Waals surface area contributed by atoms with E-state index in [0.717, 1.165) is 103 Å². The quantitative estimate of drug-likeness (QED) is 0.0519. The zero-order chi connectivity index (χ0) is 59.6. The molecule has 0 aliphatic rings. The van der Waals surface area contributed by atoms with Crippen LogP contribution in [0.5, 0.6) is 0 Å². The average Bonchev–Trinajstić information content (AvgIpc) is 3.37. The Morgan fingerprint density at radius 2 is 0.338 bits per heavy atom. The molecule has 448 valence electrons. The number of ketones is 4. The number of Topliss-reactive ketones (excluding diaryl/α,β-unsaturated/α-hetero) is 4. The molecular weight excluding hydrogens is 1050 g/mol. The Hall–Kier alpha value is -2.56. The molecule has 0 atom stereocenters. The first kappa shape index (κ1) is 83.3. The summed E-state index contributed by atoms with van der Waals surface area (Å²) in [5, 5.41) is 46.5. The number of hydrogen-bond donors (Lipinski definition) is 0. The number of rotatable bonds is 44. The fraction of sp³-hybridized carbons (Fsp3) is 0.875. The maximum Gasteiger partial charge on any atom is 4.00 e. The van der Waals surface area contributed by atoms with Crippen LogP contribution in [-0.4, -0.2) is 47.0 Å². The molecular formula is C64H116O12Zr. The summed E-state index contributed by atoms with van der Waals surface area (Å²) in [5.41, 5.74) is -5.01. The molecule has 0 bridgehead atoms. The average molecular weight is 1170 g/mol. The summed E-state index contributed by atoms with van der Waals surface area (Å²) < 4.78 is 0. The van der Waals surface area contributed by atoms with E-state index in [1.807, 2.05) is 111 Å². The minimum atomic E-state index is -1.25. The summed E-state index contributed by atoms with van der Waals surface area (Å²) in [4.78, 5) is 97.5. The van der Waals surface area contributed by atoms with Crippen molar-refractivity contribution < 1.29 is 85.0 Å². The molecule has 13 heteroatoms. The van der Waals surface area contributed by atoms with E-state index in [1.165, 1.54) is 0 Å². The number of carbonyl (C=O) groups excluding carboxylic acids is 8. The molecule has 0 aliphatic heterocycles. The van der Waals surface area contributed by atoms with Crippen LogP contribution in [-0.2, 0) is 64.6 Å². The number of aliphatic carboxylic acids is 4. The van der Waals surface area contributed by atoms with Gasteiger partial charge in [0.25, 0.3) is 0 Å². The molecule has 0 aliphatic carbocycles. The van der Waals surface area contributed by atoms with Crippen molar-refractivity contribution >= 4 is 47.0 Å². The standard InChI is InChI=1S/4C16H30O3.Zr/c4*1-5-9-13(10-6-2)14(17)16(11-7-3,12-8-4)15(18)19;/h4*13H,5-12H2,1-4H3,(H,18,19);/q;;;;+4/p-4. The van der Waals surface area contributed by atoms with Crippen LogP contribution in [0.1, 0.15) is 316 Å². The largest absolute Gasteiger partial charge is 4.00 e. The predicted octanol–water partition coefficient (Wildman–Crippen LogP) is 12.4. The Morgan fingerprint density at radius 1 is 0.234 bits per heavy atom. The SMILES string of the molecule is CCCC(CCC)C(=O)C(CCC)(CCC)C(=O)[O-].CCCC(CCC)C(=O)C(CCC)(CCC)C(=O)[O-].CCCC(CCC)C(=O)C(CCC)(CCC)C(=O)[O-].CCCC(CCC)C(=O)C(CCC)(CCC)C(=O)[O-].[Zr+4]. The van der Waals surface area contributed by atoms with Crippen molar-refractivity contribution in [2.24, 2.45) is 45.3 Å². The van der Waals surface area contributed by atoms with Crippen molar-refractivity contribution in [1.29, 1.82) is 0 Å². The smallest absolute Gasteiger partial charge is 0.549 e. The van der Waals surface area contributed by atoms with Crippen molar-refractivity contribution in [3.63, 3.8) is 0 Å². The van der Waals surface area contributed by atoms with Crippen molar-refractivity contribution in [1.82, 2.24) is 0 Å². The Labute approximate surface area is 490 Å². The molecule has 0 aromatic carbocycles. The first-order valence-corrected chi connectivity index (χ1v) is 31.0. The third kappa shape index (κ3) is 27.2. The van der Waals surface area contributed by atoms with Gasteiger partial charge in [0.15, 0.2) is 0 Å². The molecule has 0 aromatic rings. The van der Waals surface area contributed by atoms with E-state index in [2.05, 4.69) is 0 Å². The van der Waals surface area contributed by atoms with Gasteiger partial charge in [0.1, 0.15) is 23.1 Å². The summed E-state index contributed by atoms with van der Waals surface area (Å²) >= 11 is 0. The summed E-state index contributed by atoms with van der Waals surface area (Å²) in [6.45, 7) is 31.7. The van der Waals surface area contributed by atoms with Crippen LogP contribution >= 0.6 is 0 Å². The Kier molecular flexibility index (Phi) is 52.1. The second kappa shape index (κ2) is 48.2. The molecule has 0 fully saturated rings. The molecule has 0 spiro atoms. The van der Waals surface area contributed by atoms with Gasteiger partial charge in [-0.25, -0.2) is 0 Å². The van der Waals surface area contributed by atoms with Gasteiger partial charge in [-0.3, -0.25) is 19.2 Å². The molecule has 0 saturated carbocycles. The van der Waals surface area contributed by atoms with Crippen molar-refractivity contribution in [3.8, 4) is 0 Å². The second-order valence-electron chi connectivity index (χ2n) is 22.0. The zero-order valence-electron chi connectivity index (χ0n) is 52.3. The van der Waals surface area contributed by atoms with Gasteiger partial charge in [0, 0.05) is 23.7 Å². The molecule has 12 nitrogen and oxygen atoms in total. The minimum Gasteiger partial charge on any atom is -0.549 e. The van der Waals surface area contributed by atoms with Crippen LogP contribution < -0.4 is 20.4 Å². The van der Waals surface area contributed by atoms with Gasteiger partial charge in [-0.1, -0.05) is 214 Å². The number of carbonyl (C=O) groups is 8. The van der Waals surface area contributed by atoms with Gasteiger partial charge in [-0.05, 0) is 103 Å². The topological polar surface area (TPSA) is 229 Å². The van der Waals surface area contributed by atoms with Crippen LogP contribution in [0.3, 0.4) is 0 Å². The molecule has 0 N–H and O–H groups in total. The van der Waals surface area contributed by atoms with Gasteiger partial charge < -0.3 is 39.6 Å². The predicted molar refractivity (Wildman–Crippen MR) is 302 cm³/mol. The number of carboxylic acid groups (broad SMARTS) is 4. The third-order valence-electron chi connectivity index (χ3n) is 15.4. The van der Waals surface area contributed by atoms with Crippen molar-refractivity contribution in [3.05, 3.63) is 0 Å². The summed E-state index contributed by atoms with van der Waals surface area (Å²) in [7, 11) is 0. The van der Waals surface area contributed by atoms with Gasteiger partial charge >= 0.3 is 26.2 Å². The zero-order valence-corrected chi connectivity index (χ0v) is 54.8. The molecule has 0 rings (SSSR count). The Bertz CT molecular complexity index is 1330. The van der Waals surface area contributed by atoms with Crippen molar-refractivity contribution in [2.45, 2.75) is 316 Å². The molecule has 0 heterocycles. The van der Waals surface area contributed by atoms with E-state index < -0.39 is 45.5 Å². The fourth-order valence-corrected chi connectivity index (χ4v) is 12.1. The van der Waals surface area contributed by atoms with Crippen LogP contribution in [0.2, 0.25) is 0 Å². The summed E-state index contributed by atoms with van der Waals surface area (Å²) in [6.07, 6.45) is 22.5. The molecule has 0 saturated heterocycles. The van der Waals surface area contributed by atoms with Crippen LogP contribution in [0.15, 0.2) is 0 Å². The van der Waals surface area contributed by atoms with Gasteiger partial charge in [-0.2, -0.15) is 0 Å². The first-order chi connectivity index (χ1) is 36.0. The van der Waals surface area contributed by atoms with E-state index in [9.17, 15) is 58.8 Å². The van der Waals surface area contributed by atoms with E-state index in [1.54, 1.807) is 0 Å². The van der Waals surface area contributed by atoms with Crippen LogP contribution in [0, 0.1) is 45.3 Å². The van der Waals surface area contributed by atoms with Crippen LogP contribution in [0.4, 0.5) is 0 Å². The van der Waals surface area contributed by atoms with Gasteiger partial charge in [0.2, 0.25) is 0 Å². The number of hydrogen-bond acceptors (Lipinski definition) is 12. The normalized spacial score (nSPS) is 11.7. The third-order valence-corrected chi connectivity index (χ3v) is 15.4. The van der Waals surface area contributed by atoms with E-state index in [4.69, 9.17) is 0 Å². The molecule has 77 heavy (non-hydrogen) atoms. The van der Waals surface area contributed by atoms with Gasteiger partial charge in [-0.15, -0.1) is 0 Å². The molecule has 0 aromatic heterocycles. The molecule has 0 unspecified atom stereocenters. The first-order valence-electron chi connectivity index (χ1n) is 31.0. The second-order valence-corrected chi connectivity index (χ2v) is 22.0. The number of carboxylic acids is 4. The van der Waals surface area contributed by atoms with E-state index in [0.29, 0.717) is 103 Å².